The van der Waals surface area contributed by atoms with Crippen LogP contribution in [0.5, 0.6) is 0 Å². The Kier molecular flexibility index (Phi) is 4.46. The molecule has 1 aromatic rings. The largest absolute Gasteiger partial charge is 0.396 e. The summed E-state index contributed by atoms with van der Waals surface area (Å²) < 4.78 is 1.12. The van der Waals surface area contributed by atoms with Crippen molar-refractivity contribution in [3.8, 4) is 0 Å². The average Bonchev–Trinajstić information content (AvgIpc) is 2.39. The van der Waals surface area contributed by atoms with Gasteiger partial charge < -0.3 is 5.11 Å². The maximum Gasteiger partial charge on any atom is 0.0497 e. The lowest BCUT2D eigenvalue weighted by molar-refractivity contribution is 0.0281. The predicted molar refractivity (Wildman–Crippen MR) is 78.6 cm³/mol. The van der Waals surface area contributed by atoms with E-state index < -0.39 is 0 Å². The van der Waals surface area contributed by atoms with E-state index in [0.717, 1.165) is 24.0 Å². The van der Waals surface area contributed by atoms with Gasteiger partial charge in [0, 0.05) is 29.1 Å². The monoisotopic (exact) mass is 311 g/mol. The topological polar surface area (TPSA) is 23.5 Å². The quantitative estimate of drug-likeness (QED) is 0.922. The summed E-state index contributed by atoms with van der Waals surface area (Å²) >= 11 is 3.47. The third kappa shape index (κ3) is 3.14. The number of rotatable bonds is 3. The van der Waals surface area contributed by atoms with Gasteiger partial charge in [-0.15, -0.1) is 0 Å². The lowest BCUT2D eigenvalue weighted by Gasteiger charge is -2.42. The van der Waals surface area contributed by atoms with E-state index in [0.29, 0.717) is 6.04 Å². The first kappa shape index (κ1) is 14.0. The third-order valence-corrected chi connectivity index (χ3v) is 4.62. The van der Waals surface area contributed by atoms with Gasteiger partial charge >= 0.3 is 0 Å². The van der Waals surface area contributed by atoms with Gasteiger partial charge in [0.1, 0.15) is 0 Å². The summed E-state index contributed by atoms with van der Waals surface area (Å²) in [5.74, 6) is 0. The van der Waals surface area contributed by atoms with E-state index in [4.69, 9.17) is 0 Å². The SMILES string of the molecule is C[C@H](c1ccc(Br)cc1)N1CCC[C@@](C)(CO)C1. The summed E-state index contributed by atoms with van der Waals surface area (Å²) in [6, 6.07) is 8.98. The Morgan fingerprint density at radius 1 is 1.39 bits per heavy atom. The zero-order valence-electron chi connectivity index (χ0n) is 11.2. The molecule has 0 spiro atoms. The van der Waals surface area contributed by atoms with Gasteiger partial charge in [0.15, 0.2) is 0 Å². The fourth-order valence-electron chi connectivity index (χ4n) is 2.77. The van der Waals surface area contributed by atoms with Gasteiger partial charge in [-0.1, -0.05) is 35.0 Å². The van der Waals surface area contributed by atoms with Crippen molar-refractivity contribution < 1.29 is 5.11 Å². The standard InChI is InChI=1S/C15H22BrNO/c1-12(13-4-6-14(16)7-5-13)17-9-3-8-15(2,10-17)11-18/h4-7,12,18H,3,8-11H2,1-2H3/t12-,15-/m1/s1. The number of piperidine rings is 1. The Labute approximate surface area is 118 Å². The fourth-order valence-corrected chi connectivity index (χ4v) is 3.03. The number of hydrogen-bond donors (Lipinski definition) is 1. The van der Waals surface area contributed by atoms with Crippen LogP contribution in [0.15, 0.2) is 28.7 Å². The van der Waals surface area contributed by atoms with Crippen LogP contribution in [0.25, 0.3) is 0 Å². The lowest BCUT2D eigenvalue weighted by atomic mass is 9.82. The average molecular weight is 312 g/mol. The van der Waals surface area contributed by atoms with Crippen molar-refractivity contribution in [2.24, 2.45) is 5.41 Å². The van der Waals surface area contributed by atoms with Crippen LogP contribution in [0.4, 0.5) is 0 Å². The molecular formula is C15H22BrNO. The summed E-state index contributed by atoms with van der Waals surface area (Å²) in [6.07, 6.45) is 2.31. The predicted octanol–water partition coefficient (Wildman–Crippen LogP) is 3.60. The van der Waals surface area contributed by atoms with Gasteiger partial charge in [-0.2, -0.15) is 0 Å². The molecule has 1 heterocycles. The van der Waals surface area contributed by atoms with E-state index >= 15 is 0 Å². The number of nitrogens with zero attached hydrogens (tertiary/aromatic N) is 1. The van der Waals surface area contributed by atoms with E-state index in [1.54, 1.807) is 0 Å². The molecule has 1 aromatic carbocycles. The highest BCUT2D eigenvalue weighted by Crippen LogP contribution is 2.33. The molecule has 0 radical (unpaired) electrons. The molecule has 2 atom stereocenters. The molecule has 2 nitrogen and oxygen atoms in total. The molecule has 1 aliphatic rings. The summed E-state index contributed by atoms with van der Waals surface area (Å²) in [5.41, 5.74) is 1.42. The normalized spacial score (nSPS) is 27.1. The van der Waals surface area contributed by atoms with E-state index in [2.05, 4.69) is 58.9 Å². The number of aliphatic hydroxyl groups is 1. The molecule has 2 rings (SSSR count). The molecule has 0 aromatic heterocycles. The van der Waals surface area contributed by atoms with Crippen LogP contribution in [0.3, 0.4) is 0 Å². The maximum atomic E-state index is 9.52. The minimum absolute atomic E-state index is 0.0713. The minimum Gasteiger partial charge on any atom is -0.396 e. The Morgan fingerprint density at radius 3 is 2.67 bits per heavy atom. The van der Waals surface area contributed by atoms with Crippen LogP contribution in [-0.4, -0.2) is 29.7 Å². The van der Waals surface area contributed by atoms with Crippen molar-refractivity contribution >= 4 is 15.9 Å². The van der Waals surface area contributed by atoms with Crippen molar-refractivity contribution in [3.63, 3.8) is 0 Å². The van der Waals surface area contributed by atoms with Crippen LogP contribution >= 0.6 is 15.9 Å². The Hall–Kier alpha value is -0.380. The van der Waals surface area contributed by atoms with Gasteiger partial charge in [-0.3, -0.25) is 4.90 Å². The van der Waals surface area contributed by atoms with Gasteiger partial charge in [-0.05, 0) is 44.0 Å². The molecule has 0 saturated carbocycles. The molecular weight excluding hydrogens is 290 g/mol. The van der Waals surface area contributed by atoms with Crippen molar-refractivity contribution in [3.05, 3.63) is 34.3 Å². The molecule has 18 heavy (non-hydrogen) atoms. The third-order valence-electron chi connectivity index (χ3n) is 4.09. The summed E-state index contributed by atoms with van der Waals surface area (Å²) in [4.78, 5) is 2.49. The molecule has 0 bridgehead atoms. The van der Waals surface area contributed by atoms with Crippen molar-refractivity contribution in [1.82, 2.24) is 4.90 Å². The highest BCUT2D eigenvalue weighted by atomic mass is 79.9. The first-order valence-corrected chi connectivity index (χ1v) is 7.44. The molecule has 1 aliphatic heterocycles. The Bertz CT molecular complexity index is 392. The first-order chi connectivity index (χ1) is 8.54. The zero-order valence-corrected chi connectivity index (χ0v) is 12.8. The summed E-state index contributed by atoms with van der Waals surface area (Å²) in [6.45, 7) is 6.85. The van der Waals surface area contributed by atoms with E-state index in [9.17, 15) is 5.11 Å². The smallest absolute Gasteiger partial charge is 0.0497 e. The molecule has 3 heteroatoms. The second-order valence-corrected chi connectivity index (χ2v) is 6.69. The van der Waals surface area contributed by atoms with Crippen molar-refractivity contribution in [1.29, 1.82) is 0 Å². The molecule has 0 unspecified atom stereocenters. The van der Waals surface area contributed by atoms with Crippen LogP contribution in [0.2, 0.25) is 0 Å². The van der Waals surface area contributed by atoms with Gasteiger partial charge in [0.2, 0.25) is 0 Å². The van der Waals surface area contributed by atoms with E-state index in [-0.39, 0.29) is 12.0 Å². The number of likely N-dealkylation sites (tertiary alicyclic amines) is 1. The summed E-state index contributed by atoms with van der Waals surface area (Å²) in [5, 5.41) is 9.52. The molecule has 1 fully saturated rings. The first-order valence-electron chi connectivity index (χ1n) is 6.64. The van der Waals surface area contributed by atoms with E-state index in [1.165, 1.54) is 12.0 Å². The second-order valence-electron chi connectivity index (χ2n) is 5.77. The second kappa shape index (κ2) is 5.72. The maximum absolute atomic E-state index is 9.52. The number of aliphatic hydroxyl groups excluding tert-OH is 1. The molecule has 100 valence electrons. The van der Waals surface area contributed by atoms with Crippen molar-refractivity contribution in [2.45, 2.75) is 32.7 Å². The number of benzene rings is 1. The molecule has 0 amide bonds. The zero-order chi connectivity index (χ0) is 13.2. The minimum atomic E-state index is 0.0713. The highest BCUT2D eigenvalue weighted by Gasteiger charge is 2.32. The van der Waals surface area contributed by atoms with Crippen LogP contribution in [0.1, 0.15) is 38.3 Å². The Balaban J connectivity index is 2.09. The lowest BCUT2D eigenvalue weighted by Crippen LogP contribution is -2.44. The van der Waals surface area contributed by atoms with Crippen molar-refractivity contribution in [2.75, 3.05) is 19.7 Å². The molecule has 0 aliphatic carbocycles. The Morgan fingerprint density at radius 2 is 2.06 bits per heavy atom. The van der Waals surface area contributed by atoms with Crippen LogP contribution in [0, 0.1) is 5.41 Å². The highest BCUT2D eigenvalue weighted by molar-refractivity contribution is 9.10. The van der Waals surface area contributed by atoms with E-state index in [1.807, 2.05) is 0 Å². The van der Waals surface area contributed by atoms with Gasteiger partial charge in [-0.25, -0.2) is 0 Å². The fraction of sp³-hybridized carbons (Fsp3) is 0.600. The van der Waals surface area contributed by atoms with Crippen LogP contribution < -0.4 is 0 Å². The van der Waals surface area contributed by atoms with Crippen LogP contribution in [-0.2, 0) is 0 Å². The summed E-state index contributed by atoms with van der Waals surface area (Å²) in [7, 11) is 0. The number of hydrogen-bond acceptors (Lipinski definition) is 2. The molecule has 1 saturated heterocycles. The van der Waals surface area contributed by atoms with Gasteiger partial charge in [0.05, 0.1) is 0 Å². The number of halogens is 1. The molecule has 1 N–H and O–H groups in total. The van der Waals surface area contributed by atoms with Gasteiger partial charge in [0.25, 0.3) is 0 Å².